The molecule has 7 heteroatoms. The largest absolute Gasteiger partial charge is 0.322 e. The van der Waals surface area contributed by atoms with Crippen molar-refractivity contribution in [2.75, 3.05) is 18.4 Å². The van der Waals surface area contributed by atoms with Gasteiger partial charge in [0.05, 0.1) is 11.9 Å². The molecule has 0 unspecified atom stereocenters. The first-order valence-electron chi connectivity index (χ1n) is 7.55. The van der Waals surface area contributed by atoms with E-state index in [0.717, 1.165) is 0 Å². The van der Waals surface area contributed by atoms with Gasteiger partial charge >= 0.3 is 6.03 Å². The zero-order valence-electron chi connectivity index (χ0n) is 12.8. The third-order valence-electron chi connectivity index (χ3n) is 3.81. The predicted octanol–water partition coefficient (Wildman–Crippen LogP) is 3.74. The maximum atomic E-state index is 13.1. The molecule has 0 saturated carbocycles. The van der Waals surface area contributed by atoms with Gasteiger partial charge in [0.2, 0.25) is 0 Å². The molecular formula is C17H16F2N4O. The van der Waals surface area contributed by atoms with Crippen LogP contribution in [0.2, 0.25) is 0 Å². The molecule has 5 nitrogen and oxygen atoms in total. The number of carbonyl (C=O) groups excluding carboxylic acids is 1. The molecule has 1 aromatic carbocycles. The van der Waals surface area contributed by atoms with Gasteiger partial charge in [0, 0.05) is 24.3 Å². The number of nitrogens with one attached hydrogen (secondary N) is 1. The highest BCUT2D eigenvalue weighted by Gasteiger charge is 2.22. The number of carbonyl (C=O) groups is 1. The van der Waals surface area contributed by atoms with Gasteiger partial charge in [-0.3, -0.25) is 0 Å². The standard InChI is InChI=1S/C17H16F2N4O/c18-16(19)14-6-9-20-22-15(14)12-7-10-23(11-8-12)17(24)21-13-4-2-1-3-5-13/h1-7,9,16H,8,10-11H2,(H,21,24). The summed E-state index contributed by atoms with van der Waals surface area (Å²) in [4.78, 5) is 13.8. The summed E-state index contributed by atoms with van der Waals surface area (Å²) in [6.07, 6.45) is 0.870. The number of benzene rings is 1. The molecule has 2 amide bonds. The van der Waals surface area contributed by atoms with E-state index in [1.807, 2.05) is 18.2 Å². The molecule has 0 bridgehead atoms. The van der Waals surface area contributed by atoms with Crippen molar-refractivity contribution in [2.45, 2.75) is 12.8 Å². The SMILES string of the molecule is O=C(Nc1ccccc1)N1CC=C(c2nnccc2C(F)F)CC1. The molecular weight excluding hydrogens is 314 g/mol. The quantitative estimate of drug-likeness (QED) is 0.933. The van der Waals surface area contributed by atoms with E-state index in [1.54, 1.807) is 23.1 Å². The van der Waals surface area contributed by atoms with Crippen LogP contribution in [0.1, 0.15) is 24.1 Å². The van der Waals surface area contributed by atoms with E-state index in [0.29, 0.717) is 30.8 Å². The van der Waals surface area contributed by atoms with Crippen LogP contribution in [0.3, 0.4) is 0 Å². The Hall–Kier alpha value is -2.83. The summed E-state index contributed by atoms with van der Waals surface area (Å²) in [5.41, 5.74) is 1.50. The lowest BCUT2D eigenvalue weighted by molar-refractivity contribution is 0.150. The number of alkyl halides is 2. The fraction of sp³-hybridized carbons (Fsp3) is 0.235. The normalized spacial score (nSPS) is 14.5. The van der Waals surface area contributed by atoms with Gasteiger partial charge in [0.15, 0.2) is 0 Å². The summed E-state index contributed by atoms with van der Waals surface area (Å²) in [5, 5.41) is 10.3. The summed E-state index contributed by atoms with van der Waals surface area (Å²) >= 11 is 0. The smallest absolute Gasteiger partial charge is 0.320 e. The zero-order valence-corrected chi connectivity index (χ0v) is 12.8. The third kappa shape index (κ3) is 3.56. The van der Waals surface area contributed by atoms with Crippen LogP contribution in [0, 0.1) is 0 Å². The Kier molecular flexibility index (Phi) is 4.79. The fourth-order valence-electron chi connectivity index (χ4n) is 2.56. The van der Waals surface area contributed by atoms with Crippen LogP contribution in [-0.4, -0.2) is 34.2 Å². The van der Waals surface area contributed by atoms with Gasteiger partial charge < -0.3 is 10.2 Å². The van der Waals surface area contributed by atoms with Crippen molar-refractivity contribution in [3.05, 3.63) is 59.9 Å². The van der Waals surface area contributed by atoms with Crippen molar-refractivity contribution in [3.63, 3.8) is 0 Å². The van der Waals surface area contributed by atoms with Crippen LogP contribution in [0.4, 0.5) is 19.3 Å². The Labute approximate surface area is 138 Å². The number of hydrogen-bond acceptors (Lipinski definition) is 3. The Balaban J connectivity index is 1.69. The Morgan fingerprint density at radius 2 is 2.00 bits per heavy atom. The molecule has 0 spiro atoms. The van der Waals surface area contributed by atoms with Gasteiger partial charge in [-0.15, -0.1) is 0 Å². The first-order valence-corrected chi connectivity index (χ1v) is 7.55. The second kappa shape index (κ2) is 7.16. The number of aromatic nitrogens is 2. The van der Waals surface area contributed by atoms with Crippen LogP contribution in [0.5, 0.6) is 0 Å². The van der Waals surface area contributed by atoms with Crippen molar-refractivity contribution in [1.29, 1.82) is 0 Å². The van der Waals surface area contributed by atoms with Crippen LogP contribution < -0.4 is 5.32 Å². The second-order valence-electron chi connectivity index (χ2n) is 5.36. The van der Waals surface area contributed by atoms with Gasteiger partial charge in [0.25, 0.3) is 6.43 Å². The third-order valence-corrected chi connectivity index (χ3v) is 3.81. The molecule has 2 aromatic rings. The van der Waals surface area contributed by atoms with E-state index in [1.165, 1.54) is 12.3 Å². The van der Waals surface area contributed by atoms with Gasteiger partial charge in [0.1, 0.15) is 0 Å². The number of hydrogen-bond donors (Lipinski definition) is 1. The van der Waals surface area contributed by atoms with E-state index in [-0.39, 0.29) is 17.3 Å². The Morgan fingerprint density at radius 3 is 2.67 bits per heavy atom. The van der Waals surface area contributed by atoms with E-state index in [9.17, 15) is 13.6 Å². The molecule has 1 aromatic heterocycles. The highest BCUT2D eigenvalue weighted by atomic mass is 19.3. The minimum absolute atomic E-state index is 0.126. The lowest BCUT2D eigenvalue weighted by Gasteiger charge is -2.27. The first kappa shape index (κ1) is 16.0. The molecule has 1 N–H and O–H groups in total. The number of rotatable bonds is 3. The number of para-hydroxylation sites is 1. The molecule has 1 aliphatic rings. The lowest BCUT2D eigenvalue weighted by atomic mass is 10.0. The molecule has 0 atom stereocenters. The van der Waals surface area contributed by atoms with Crippen molar-refractivity contribution in [3.8, 4) is 0 Å². The van der Waals surface area contributed by atoms with Gasteiger partial charge in [-0.05, 0) is 30.2 Å². The van der Waals surface area contributed by atoms with Gasteiger partial charge in [-0.25, -0.2) is 13.6 Å². The van der Waals surface area contributed by atoms with Crippen molar-refractivity contribution >= 4 is 17.3 Å². The lowest BCUT2D eigenvalue weighted by Crippen LogP contribution is -2.38. The molecule has 2 heterocycles. The Bertz CT molecular complexity index is 749. The summed E-state index contributed by atoms with van der Waals surface area (Å²) in [6.45, 7) is 0.775. The molecule has 0 saturated heterocycles. The number of nitrogens with zero attached hydrogens (tertiary/aromatic N) is 3. The molecule has 0 fully saturated rings. The van der Waals surface area contributed by atoms with E-state index < -0.39 is 6.43 Å². The summed E-state index contributed by atoms with van der Waals surface area (Å²) < 4.78 is 26.1. The molecule has 0 aliphatic carbocycles. The average Bonchev–Trinajstić information content (AvgIpc) is 2.62. The second-order valence-corrected chi connectivity index (χ2v) is 5.36. The first-order chi connectivity index (χ1) is 11.6. The predicted molar refractivity (Wildman–Crippen MR) is 86.6 cm³/mol. The molecule has 0 radical (unpaired) electrons. The summed E-state index contributed by atoms with van der Waals surface area (Å²) in [6, 6.07) is 10.2. The van der Waals surface area contributed by atoms with Crippen LogP contribution >= 0.6 is 0 Å². The minimum atomic E-state index is -2.60. The van der Waals surface area contributed by atoms with Crippen molar-refractivity contribution < 1.29 is 13.6 Å². The van der Waals surface area contributed by atoms with Crippen molar-refractivity contribution in [1.82, 2.24) is 15.1 Å². The molecule has 124 valence electrons. The van der Waals surface area contributed by atoms with Crippen molar-refractivity contribution in [2.24, 2.45) is 0 Å². The highest BCUT2D eigenvalue weighted by molar-refractivity contribution is 5.90. The molecule has 24 heavy (non-hydrogen) atoms. The Morgan fingerprint density at radius 1 is 1.21 bits per heavy atom. The van der Waals surface area contributed by atoms with Gasteiger partial charge in [-0.1, -0.05) is 24.3 Å². The number of anilines is 1. The number of amides is 2. The average molecular weight is 330 g/mol. The van der Waals surface area contributed by atoms with E-state index in [4.69, 9.17) is 0 Å². The maximum absolute atomic E-state index is 13.1. The zero-order chi connectivity index (χ0) is 16.9. The highest BCUT2D eigenvalue weighted by Crippen LogP contribution is 2.29. The summed E-state index contributed by atoms with van der Waals surface area (Å²) in [5.74, 6) is 0. The van der Waals surface area contributed by atoms with E-state index in [2.05, 4.69) is 15.5 Å². The van der Waals surface area contributed by atoms with Crippen LogP contribution in [0.25, 0.3) is 5.57 Å². The maximum Gasteiger partial charge on any atom is 0.322 e. The minimum Gasteiger partial charge on any atom is -0.320 e. The van der Waals surface area contributed by atoms with Gasteiger partial charge in [-0.2, -0.15) is 10.2 Å². The molecule has 1 aliphatic heterocycles. The van der Waals surface area contributed by atoms with E-state index >= 15 is 0 Å². The summed E-state index contributed by atoms with van der Waals surface area (Å²) in [7, 11) is 0. The monoisotopic (exact) mass is 330 g/mol. The van der Waals surface area contributed by atoms with Crippen LogP contribution in [0.15, 0.2) is 48.7 Å². The molecule has 3 rings (SSSR count). The number of halogens is 2. The topological polar surface area (TPSA) is 58.1 Å². The number of urea groups is 1. The van der Waals surface area contributed by atoms with Crippen LogP contribution in [-0.2, 0) is 0 Å². The fourth-order valence-corrected chi connectivity index (χ4v) is 2.56.